The van der Waals surface area contributed by atoms with Crippen molar-refractivity contribution in [3.05, 3.63) is 202 Å². The molecule has 70 heavy (non-hydrogen) atoms. The van der Waals surface area contributed by atoms with Gasteiger partial charge in [0.15, 0.2) is 11.6 Å². The van der Waals surface area contributed by atoms with Crippen LogP contribution in [0.3, 0.4) is 0 Å². The standard InChI is InChI=1S/C31H30O4.C25H34O.2C3H8O.Ti/c1-29(2)34-27(30(32,23-15-7-3-8-16-23)24-17-9-4-10-18-24)28(35-29)31(33,25-19-11-5-12-20-25)26-21-13-6-14-22-26;1-17(14-18(2)26)8-9-20-16-25(20,7)19-10-11-21-22(15-19)24(5,6)13-12-23(21,3)4;2*1-3(2)4;/h3-22,27-28,32-33H,1-2H3;8-11,14-15,20H,12-13,16H2,1-7H3;2*3-4H,1-2H3;/b;9-8+,17-14+;;;/t27-,28-;;;;/m1..../s1. The molecule has 0 amide bonds. The van der Waals surface area contributed by atoms with Gasteiger partial charge in [-0.1, -0.05) is 186 Å². The van der Waals surface area contributed by atoms with Gasteiger partial charge in [-0.05, 0) is 147 Å². The zero-order valence-electron chi connectivity index (χ0n) is 44.0. The smallest absolute Gasteiger partial charge is 0.164 e. The zero-order valence-corrected chi connectivity index (χ0v) is 45.6. The Balaban J connectivity index is 0.000000269. The van der Waals surface area contributed by atoms with Crippen molar-refractivity contribution < 1.29 is 56.4 Å². The summed E-state index contributed by atoms with van der Waals surface area (Å²) < 4.78 is 13.0. The largest absolute Gasteiger partial charge is 0.394 e. The molecule has 374 valence electrons. The van der Waals surface area contributed by atoms with Crippen LogP contribution in [0.25, 0.3) is 0 Å². The molecule has 0 spiro atoms. The molecule has 0 bridgehead atoms. The summed E-state index contributed by atoms with van der Waals surface area (Å²) in [6.45, 7) is 26.1. The maximum absolute atomic E-state index is 12.6. The summed E-state index contributed by atoms with van der Waals surface area (Å²) in [6, 6.07) is 45.0. The number of aliphatic hydroxyl groups excluding tert-OH is 2. The van der Waals surface area contributed by atoms with Crippen molar-refractivity contribution in [3.8, 4) is 0 Å². The monoisotopic (exact) mass is 985 g/mol. The molecule has 2 unspecified atom stereocenters. The minimum absolute atomic E-state index is 0. The van der Waals surface area contributed by atoms with Crippen molar-refractivity contribution in [2.45, 2.75) is 167 Å². The molecule has 1 saturated heterocycles. The number of hydrogen-bond donors (Lipinski definition) is 4. The molecule has 5 aromatic rings. The van der Waals surface area contributed by atoms with Gasteiger partial charge in [0.05, 0.1) is 0 Å². The van der Waals surface area contributed by atoms with E-state index in [4.69, 9.17) is 19.7 Å². The summed E-state index contributed by atoms with van der Waals surface area (Å²) in [5.41, 5.74) is 5.82. The van der Waals surface area contributed by atoms with E-state index in [0.717, 1.165) is 5.57 Å². The number of ketones is 1. The first-order chi connectivity index (χ1) is 32.3. The van der Waals surface area contributed by atoms with Gasteiger partial charge in [-0.25, -0.2) is 0 Å². The molecule has 1 saturated carbocycles. The van der Waals surface area contributed by atoms with Crippen molar-refractivity contribution in [1.29, 1.82) is 0 Å². The van der Waals surface area contributed by atoms with Crippen LogP contribution < -0.4 is 0 Å². The van der Waals surface area contributed by atoms with Crippen molar-refractivity contribution in [2.75, 3.05) is 0 Å². The number of benzene rings is 5. The number of carbonyl (C=O) groups is 1. The maximum Gasteiger partial charge on any atom is 0.164 e. The van der Waals surface area contributed by atoms with E-state index in [-0.39, 0.29) is 56.0 Å². The van der Waals surface area contributed by atoms with Gasteiger partial charge in [-0.2, -0.15) is 0 Å². The first-order valence-electron chi connectivity index (χ1n) is 24.7. The molecule has 1 heterocycles. The van der Waals surface area contributed by atoms with Crippen molar-refractivity contribution >= 4 is 5.78 Å². The predicted octanol–water partition coefficient (Wildman–Crippen LogP) is 12.6. The summed E-state index contributed by atoms with van der Waals surface area (Å²) in [5, 5.41) is 41.3. The maximum atomic E-state index is 12.6. The van der Waals surface area contributed by atoms with Crippen LogP contribution in [0, 0.1) is 5.92 Å². The number of carbonyl (C=O) groups excluding carboxylic acids is 1. The van der Waals surface area contributed by atoms with Crippen LogP contribution in [0.15, 0.2) is 163 Å². The molecule has 8 heteroatoms. The molecule has 2 aliphatic carbocycles. The SMILES string of the molecule is CC(=O)/C=C(C)/C=C/C1CC1(C)c1ccc2c(c1)C(C)(C)CCC2(C)C.CC(C)O.CC(C)O.CC1(C)O[C@@H](C(O)(c2ccccc2)c2ccccc2)[C@H](C(O)(c2ccccc2)c2ccccc2)O1.[Ti]. The number of ether oxygens (including phenoxy) is 2. The average molecular weight is 985 g/mol. The summed E-state index contributed by atoms with van der Waals surface area (Å²) in [5.74, 6) is -0.370. The van der Waals surface area contributed by atoms with Crippen LogP contribution in [0.4, 0.5) is 0 Å². The second kappa shape index (κ2) is 24.0. The van der Waals surface area contributed by atoms with Gasteiger partial charge in [-0.15, -0.1) is 0 Å². The van der Waals surface area contributed by atoms with Crippen molar-refractivity contribution in [2.24, 2.45) is 5.92 Å². The Morgan fingerprint density at radius 1 is 0.586 bits per heavy atom. The molecule has 3 aliphatic rings. The Morgan fingerprint density at radius 3 is 1.27 bits per heavy atom. The van der Waals surface area contributed by atoms with Gasteiger partial charge < -0.3 is 29.9 Å². The van der Waals surface area contributed by atoms with E-state index < -0.39 is 29.2 Å². The molecule has 1 aliphatic heterocycles. The molecular formula is C62H80O7Ti. The Labute approximate surface area is 435 Å². The van der Waals surface area contributed by atoms with Crippen LogP contribution in [0.5, 0.6) is 0 Å². The van der Waals surface area contributed by atoms with E-state index in [1.54, 1.807) is 46.3 Å². The molecule has 0 aromatic heterocycles. The molecule has 4 atom stereocenters. The van der Waals surface area contributed by atoms with Gasteiger partial charge in [0.25, 0.3) is 0 Å². The Hall–Kier alpha value is -4.28. The molecule has 8 rings (SSSR count). The van der Waals surface area contributed by atoms with Crippen molar-refractivity contribution in [3.63, 3.8) is 0 Å². The zero-order chi connectivity index (χ0) is 51.0. The van der Waals surface area contributed by atoms with Crippen molar-refractivity contribution in [1.82, 2.24) is 0 Å². The van der Waals surface area contributed by atoms with Crippen LogP contribution >= 0.6 is 0 Å². The van der Waals surface area contributed by atoms with E-state index >= 15 is 0 Å². The van der Waals surface area contributed by atoms with E-state index in [1.807, 2.05) is 142 Å². The van der Waals surface area contributed by atoms with Crippen LogP contribution in [-0.2, 0) is 63.4 Å². The van der Waals surface area contributed by atoms with Gasteiger partial charge >= 0.3 is 0 Å². The van der Waals surface area contributed by atoms with Gasteiger partial charge in [0.2, 0.25) is 0 Å². The first-order valence-corrected chi connectivity index (χ1v) is 24.7. The Bertz CT molecular complexity index is 2290. The third-order valence-electron chi connectivity index (χ3n) is 13.6. The van der Waals surface area contributed by atoms with E-state index in [2.05, 4.69) is 65.0 Å². The summed E-state index contributed by atoms with van der Waals surface area (Å²) >= 11 is 0. The van der Waals surface area contributed by atoms with Crippen LogP contribution in [0.2, 0.25) is 0 Å². The fourth-order valence-corrected chi connectivity index (χ4v) is 9.72. The Kier molecular flexibility index (Phi) is 20.0. The summed E-state index contributed by atoms with van der Waals surface area (Å²) in [4.78, 5) is 11.2. The number of fused-ring (bicyclic) bond motifs is 1. The van der Waals surface area contributed by atoms with E-state index in [0.29, 0.717) is 28.2 Å². The average Bonchev–Trinajstić information content (AvgIpc) is 3.86. The summed E-state index contributed by atoms with van der Waals surface area (Å²) in [7, 11) is 0. The third kappa shape index (κ3) is 14.0. The third-order valence-corrected chi connectivity index (χ3v) is 13.6. The van der Waals surface area contributed by atoms with Gasteiger partial charge in [0, 0.05) is 33.9 Å². The van der Waals surface area contributed by atoms with E-state index in [9.17, 15) is 15.0 Å². The predicted molar refractivity (Wildman–Crippen MR) is 281 cm³/mol. The van der Waals surface area contributed by atoms with Crippen LogP contribution in [0.1, 0.15) is 148 Å². The van der Waals surface area contributed by atoms with Gasteiger partial charge in [-0.3, -0.25) is 4.79 Å². The number of hydrogen-bond acceptors (Lipinski definition) is 7. The van der Waals surface area contributed by atoms with E-state index in [1.165, 1.54) is 30.4 Å². The van der Waals surface area contributed by atoms with Gasteiger partial charge in [0.1, 0.15) is 23.4 Å². The fourth-order valence-electron chi connectivity index (χ4n) is 9.72. The first kappa shape index (κ1) is 58.3. The number of aliphatic hydroxyl groups is 4. The molecule has 4 N–H and O–H groups in total. The minimum Gasteiger partial charge on any atom is -0.394 e. The number of rotatable bonds is 10. The minimum atomic E-state index is -1.60. The summed E-state index contributed by atoms with van der Waals surface area (Å²) in [6.07, 6.45) is 7.62. The second-order valence-electron chi connectivity index (χ2n) is 21.8. The molecule has 2 fully saturated rings. The second-order valence-corrected chi connectivity index (χ2v) is 21.8. The number of allylic oxidation sites excluding steroid dienone is 4. The topological polar surface area (TPSA) is 116 Å². The molecule has 7 nitrogen and oxygen atoms in total. The van der Waals surface area contributed by atoms with Crippen LogP contribution in [-0.4, -0.2) is 56.4 Å². The quantitative estimate of drug-likeness (QED) is 0.0626. The molecule has 5 aromatic carbocycles. The normalized spacial score (nSPS) is 22.0. The molecule has 0 radical (unpaired) electrons. The molecular weight excluding hydrogens is 905 g/mol. The Morgan fingerprint density at radius 2 is 0.929 bits per heavy atom. The fraction of sp³-hybridized carbons (Fsp3) is 0.435.